The minimum Gasteiger partial charge on any atom is -0.445 e. The second-order valence-electron chi connectivity index (χ2n) is 7.95. The molecule has 6 heteroatoms. The van der Waals surface area contributed by atoms with Gasteiger partial charge in [0.15, 0.2) is 5.89 Å². The maximum Gasteiger partial charge on any atom is 0.272 e. The van der Waals surface area contributed by atoms with Gasteiger partial charge >= 0.3 is 0 Å². The number of hydrogen-bond donors (Lipinski definition) is 0. The number of halogens is 1. The van der Waals surface area contributed by atoms with Crippen molar-refractivity contribution in [1.29, 1.82) is 0 Å². The van der Waals surface area contributed by atoms with Crippen molar-refractivity contribution in [3.05, 3.63) is 94.8 Å². The standard InChI is InChI=1S/C25H22ClN3O2/c26-20-10-7-17(8-11-20)14-21-15-27-24(31-21)19-5-3-13-29(16-19)25(30)23-12-9-18-4-1-2-6-22(18)28-23/h1-2,4,6-12,15,19H,3,5,13-14,16H2/t19-/m0/s1. The summed E-state index contributed by atoms with van der Waals surface area (Å²) in [4.78, 5) is 24.0. The molecule has 156 valence electrons. The number of rotatable bonds is 4. The zero-order valence-corrected chi connectivity index (χ0v) is 17.8. The molecule has 0 aliphatic carbocycles. The van der Waals surface area contributed by atoms with Crippen LogP contribution in [0.15, 0.2) is 71.3 Å². The second kappa shape index (κ2) is 8.52. The van der Waals surface area contributed by atoms with Crippen LogP contribution in [0.25, 0.3) is 10.9 Å². The third kappa shape index (κ3) is 4.32. The molecule has 5 nitrogen and oxygen atoms in total. The molecule has 5 rings (SSSR count). The van der Waals surface area contributed by atoms with E-state index in [2.05, 4.69) is 9.97 Å². The van der Waals surface area contributed by atoms with Crippen LogP contribution in [0.2, 0.25) is 5.02 Å². The second-order valence-corrected chi connectivity index (χ2v) is 8.38. The summed E-state index contributed by atoms with van der Waals surface area (Å²) in [6.07, 6.45) is 4.32. The summed E-state index contributed by atoms with van der Waals surface area (Å²) in [5.41, 5.74) is 2.44. The van der Waals surface area contributed by atoms with Gasteiger partial charge in [-0.25, -0.2) is 9.97 Å². The lowest BCUT2D eigenvalue weighted by atomic mass is 9.97. The van der Waals surface area contributed by atoms with Crippen LogP contribution in [0.5, 0.6) is 0 Å². The lowest BCUT2D eigenvalue weighted by Crippen LogP contribution is -2.39. The molecule has 0 N–H and O–H groups in total. The van der Waals surface area contributed by atoms with Crippen molar-refractivity contribution >= 4 is 28.4 Å². The van der Waals surface area contributed by atoms with E-state index in [9.17, 15) is 4.79 Å². The number of nitrogens with zero attached hydrogens (tertiary/aromatic N) is 3. The highest BCUT2D eigenvalue weighted by atomic mass is 35.5. The Kier molecular flexibility index (Phi) is 5.43. The highest BCUT2D eigenvalue weighted by molar-refractivity contribution is 6.30. The number of carbonyl (C=O) groups excluding carboxylic acids is 1. The fourth-order valence-electron chi connectivity index (χ4n) is 4.11. The predicted molar refractivity (Wildman–Crippen MR) is 120 cm³/mol. The Morgan fingerprint density at radius 1 is 1.10 bits per heavy atom. The quantitative estimate of drug-likeness (QED) is 0.429. The highest BCUT2D eigenvalue weighted by Gasteiger charge is 2.29. The summed E-state index contributed by atoms with van der Waals surface area (Å²) in [5, 5.41) is 1.75. The minimum atomic E-state index is -0.0385. The summed E-state index contributed by atoms with van der Waals surface area (Å²) >= 11 is 5.96. The van der Waals surface area contributed by atoms with Gasteiger partial charge in [-0.1, -0.05) is 48.0 Å². The smallest absolute Gasteiger partial charge is 0.272 e. The number of benzene rings is 2. The molecule has 0 bridgehead atoms. The van der Waals surface area contributed by atoms with Gasteiger partial charge in [0, 0.05) is 29.9 Å². The van der Waals surface area contributed by atoms with Crippen LogP contribution in [0.4, 0.5) is 0 Å². The monoisotopic (exact) mass is 431 g/mol. The van der Waals surface area contributed by atoms with E-state index in [0.29, 0.717) is 24.6 Å². The molecule has 4 aromatic rings. The molecule has 2 aromatic heterocycles. The number of likely N-dealkylation sites (tertiary alicyclic amines) is 1. The number of fused-ring (bicyclic) bond motifs is 1. The van der Waals surface area contributed by atoms with Crippen molar-refractivity contribution in [2.24, 2.45) is 0 Å². The molecule has 0 unspecified atom stereocenters. The first-order valence-corrected chi connectivity index (χ1v) is 10.9. The minimum absolute atomic E-state index is 0.0385. The molecule has 1 aliphatic heterocycles. The maximum atomic E-state index is 13.1. The van der Waals surface area contributed by atoms with Gasteiger partial charge in [-0.3, -0.25) is 4.79 Å². The summed E-state index contributed by atoms with van der Waals surface area (Å²) in [6, 6.07) is 19.3. The van der Waals surface area contributed by atoms with E-state index in [1.807, 2.05) is 65.6 Å². The summed E-state index contributed by atoms with van der Waals surface area (Å²) in [6.45, 7) is 1.32. The van der Waals surface area contributed by atoms with E-state index < -0.39 is 0 Å². The van der Waals surface area contributed by atoms with Gasteiger partial charge < -0.3 is 9.32 Å². The Labute approximate surface area is 185 Å². The fourth-order valence-corrected chi connectivity index (χ4v) is 4.23. The van der Waals surface area contributed by atoms with E-state index in [1.54, 1.807) is 6.20 Å². The van der Waals surface area contributed by atoms with E-state index in [0.717, 1.165) is 46.6 Å². The third-order valence-corrected chi connectivity index (χ3v) is 5.99. The molecule has 3 heterocycles. The van der Waals surface area contributed by atoms with Crippen LogP contribution in [0, 0.1) is 0 Å². The lowest BCUT2D eigenvalue weighted by Gasteiger charge is -2.31. The molecule has 1 amide bonds. The van der Waals surface area contributed by atoms with E-state index >= 15 is 0 Å². The van der Waals surface area contributed by atoms with Gasteiger partial charge in [0.2, 0.25) is 0 Å². The average Bonchev–Trinajstić information content (AvgIpc) is 3.28. The molecular formula is C25H22ClN3O2. The number of piperidine rings is 1. The van der Waals surface area contributed by atoms with Crippen molar-refractivity contribution in [2.45, 2.75) is 25.2 Å². The summed E-state index contributed by atoms with van der Waals surface area (Å²) < 4.78 is 6.05. The van der Waals surface area contributed by atoms with E-state index in [1.165, 1.54) is 0 Å². The molecule has 0 spiro atoms. The molecule has 1 fully saturated rings. The Morgan fingerprint density at radius 2 is 1.94 bits per heavy atom. The number of para-hydroxylation sites is 1. The zero-order chi connectivity index (χ0) is 21.2. The number of oxazole rings is 1. The molecule has 1 atom stereocenters. The molecule has 1 saturated heterocycles. The van der Waals surface area contributed by atoms with Crippen LogP contribution in [0.3, 0.4) is 0 Å². The highest BCUT2D eigenvalue weighted by Crippen LogP contribution is 2.28. The largest absolute Gasteiger partial charge is 0.445 e. The fraction of sp³-hybridized carbons (Fsp3) is 0.240. The Hall–Kier alpha value is -3.18. The van der Waals surface area contributed by atoms with Crippen LogP contribution in [-0.4, -0.2) is 33.9 Å². The SMILES string of the molecule is O=C(c1ccc2ccccc2n1)N1CCC[C@H](c2ncc(Cc3ccc(Cl)cc3)o2)C1. The van der Waals surface area contributed by atoms with Gasteiger partial charge in [0.1, 0.15) is 11.5 Å². The van der Waals surface area contributed by atoms with Crippen molar-refractivity contribution in [2.75, 3.05) is 13.1 Å². The first-order chi connectivity index (χ1) is 15.2. The molecule has 0 radical (unpaired) electrons. The number of hydrogen-bond acceptors (Lipinski definition) is 4. The molecule has 31 heavy (non-hydrogen) atoms. The van der Waals surface area contributed by atoms with Gasteiger partial charge in [-0.15, -0.1) is 0 Å². The van der Waals surface area contributed by atoms with Gasteiger partial charge in [0.05, 0.1) is 17.6 Å². The Bertz CT molecular complexity index is 1220. The number of pyridine rings is 1. The van der Waals surface area contributed by atoms with E-state index in [-0.39, 0.29) is 11.8 Å². The molecule has 2 aromatic carbocycles. The van der Waals surface area contributed by atoms with Gasteiger partial charge in [0.25, 0.3) is 5.91 Å². The first kappa shape index (κ1) is 19.8. The van der Waals surface area contributed by atoms with Crippen molar-refractivity contribution in [3.63, 3.8) is 0 Å². The van der Waals surface area contributed by atoms with Crippen molar-refractivity contribution in [1.82, 2.24) is 14.9 Å². The third-order valence-electron chi connectivity index (χ3n) is 5.74. The van der Waals surface area contributed by atoms with Crippen LogP contribution >= 0.6 is 11.6 Å². The maximum absolute atomic E-state index is 13.1. The van der Waals surface area contributed by atoms with Gasteiger partial charge in [-0.05, 0) is 42.7 Å². The summed E-state index contributed by atoms with van der Waals surface area (Å²) in [7, 11) is 0. The van der Waals surface area contributed by atoms with E-state index in [4.69, 9.17) is 16.0 Å². The number of amides is 1. The van der Waals surface area contributed by atoms with Crippen molar-refractivity contribution in [3.8, 4) is 0 Å². The predicted octanol–water partition coefficient (Wildman–Crippen LogP) is 5.49. The van der Waals surface area contributed by atoms with Crippen molar-refractivity contribution < 1.29 is 9.21 Å². The summed E-state index contributed by atoms with van der Waals surface area (Å²) in [5.74, 6) is 1.57. The van der Waals surface area contributed by atoms with Crippen LogP contribution in [0.1, 0.15) is 46.5 Å². The van der Waals surface area contributed by atoms with Gasteiger partial charge in [-0.2, -0.15) is 0 Å². The average molecular weight is 432 g/mol. The number of carbonyl (C=O) groups is 1. The van der Waals surface area contributed by atoms with Crippen LogP contribution in [-0.2, 0) is 6.42 Å². The lowest BCUT2D eigenvalue weighted by molar-refractivity contribution is 0.0692. The normalized spacial score (nSPS) is 16.5. The molecule has 1 aliphatic rings. The topological polar surface area (TPSA) is 59.2 Å². The Morgan fingerprint density at radius 3 is 2.81 bits per heavy atom. The number of aromatic nitrogens is 2. The first-order valence-electron chi connectivity index (χ1n) is 10.5. The zero-order valence-electron chi connectivity index (χ0n) is 17.0. The molecular weight excluding hydrogens is 410 g/mol. The Balaban J connectivity index is 1.29. The molecule has 0 saturated carbocycles. The van der Waals surface area contributed by atoms with Crippen LogP contribution < -0.4 is 0 Å².